The van der Waals surface area contributed by atoms with Crippen molar-refractivity contribution in [3.05, 3.63) is 34.9 Å². The lowest BCUT2D eigenvalue weighted by atomic mass is 9.77. The quantitative estimate of drug-likeness (QED) is 0.525. The summed E-state index contributed by atoms with van der Waals surface area (Å²) in [5, 5.41) is 0. The van der Waals surface area contributed by atoms with Crippen LogP contribution >= 0.6 is 0 Å². The zero-order valence-electron chi connectivity index (χ0n) is 20.2. The molecule has 3 aliphatic heterocycles. The zero-order chi connectivity index (χ0) is 27.2. The molecule has 37 heavy (non-hydrogen) atoms. The third-order valence-corrected chi connectivity index (χ3v) is 8.87. The van der Waals surface area contributed by atoms with Gasteiger partial charge in [0.1, 0.15) is 0 Å². The van der Waals surface area contributed by atoms with Crippen LogP contribution in [0.4, 0.5) is 31.1 Å². The third kappa shape index (κ3) is 6.33. The minimum absolute atomic E-state index is 0.0365. The smallest absolute Gasteiger partial charge is 0.426 e. The van der Waals surface area contributed by atoms with Gasteiger partial charge in [-0.3, -0.25) is 4.90 Å². The molecule has 1 amide bonds. The van der Waals surface area contributed by atoms with E-state index in [-0.39, 0.29) is 18.5 Å². The summed E-state index contributed by atoms with van der Waals surface area (Å²) in [4.78, 5) is 15.3. The molecule has 1 aromatic carbocycles. The summed E-state index contributed by atoms with van der Waals surface area (Å²) in [5.41, 5.74) is 2.76. The lowest BCUT2D eigenvalue weighted by Gasteiger charge is -2.40. The van der Waals surface area contributed by atoms with Crippen LogP contribution in [-0.2, 0) is 34.3 Å². The van der Waals surface area contributed by atoms with Crippen molar-refractivity contribution < 1.29 is 44.3 Å². The topological polar surface area (TPSA) is 70.2 Å². The molecule has 0 bridgehead atoms. The maximum Gasteiger partial charge on any atom is 0.434 e. The number of carbonyl (C=O) groups excluding carboxylic acids is 1. The second kappa shape index (κ2) is 9.92. The molecular weight excluding hydrogens is 528 g/mol. The van der Waals surface area contributed by atoms with Gasteiger partial charge in [-0.2, -0.15) is 30.6 Å². The number of fused-ring (bicyclic) bond motifs is 1. The molecule has 4 rings (SSSR count). The summed E-state index contributed by atoms with van der Waals surface area (Å²) >= 11 is 0. The Balaban J connectivity index is 1.35. The first-order valence-corrected chi connectivity index (χ1v) is 13.8. The number of hydrogen-bond acceptors (Lipinski definition) is 5. The molecule has 0 unspecified atom stereocenters. The number of carbonyl (C=O) groups is 1. The second-order valence-electron chi connectivity index (χ2n) is 10.2. The highest BCUT2D eigenvalue weighted by molar-refractivity contribution is 7.88. The number of hydrogen-bond donors (Lipinski definition) is 0. The highest BCUT2D eigenvalue weighted by Crippen LogP contribution is 2.42. The standard InChI is InChI=1S/C23H29F6N3O4S/c1-37(34,35)32-9-5-16-3-2-4-17(18(16)14-32)13-30-10-6-21(7-11-30)8-12-31(15-21)20(33)36-19(22(24,25)26)23(27,28)29/h2-4,19H,5-15H2,1H3. The maximum absolute atomic E-state index is 12.8. The van der Waals surface area contributed by atoms with E-state index in [1.54, 1.807) is 0 Å². The molecule has 0 saturated carbocycles. The van der Waals surface area contributed by atoms with Crippen LogP contribution < -0.4 is 0 Å². The fourth-order valence-electron chi connectivity index (χ4n) is 5.48. The van der Waals surface area contributed by atoms with Gasteiger partial charge in [-0.15, -0.1) is 0 Å². The van der Waals surface area contributed by atoms with Crippen molar-refractivity contribution in [1.82, 2.24) is 14.1 Å². The molecule has 1 aromatic rings. The van der Waals surface area contributed by atoms with E-state index in [0.717, 1.165) is 21.6 Å². The van der Waals surface area contributed by atoms with Gasteiger partial charge >= 0.3 is 18.4 Å². The summed E-state index contributed by atoms with van der Waals surface area (Å²) in [6.07, 6.45) is -13.7. The van der Waals surface area contributed by atoms with Crippen molar-refractivity contribution in [3.8, 4) is 0 Å². The Bertz CT molecular complexity index is 1100. The Morgan fingerprint density at radius 2 is 1.65 bits per heavy atom. The number of sulfonamides is 1. The number of piperidine rings is 1. The predicted octanol–water partition coefficient (Wildman–Crippen LogP) is 3.92. The molecule has 0 N–H and O–H groups in total. The fraction of sp³-hybridized carbons (Fsp3) is 0.696. The summed E-state index contributed by atoms with van der Waals surface area (Å²) < 4.78 is 106. The third-order valence-electron chi connectivity index (χ3n) is 7.62. The number of halogens is 6. The van der Waals surface area contributed by atoms with Crippen molar-refractivity contribution in [2.75, 3.05) is 39.0 Å². The fourth-order valence-corrected chi connectivity index (χ4v) is 6.26. The van der Waals surface area contributed by atoms with Crippen LogP contribution in [0.1, 0.15) is 36.0 Å². The molecule has 3 aliphatic rings. The first-order valence-electron chi connectivity index (χ1n) is 11.9. The average molecular weight is 558 g/mol. The lowest BCUT2D eigenvalue weighted by Crippen LogP contribution is -2.48. The lowest BCUT2D eigenvalue weighted by molar-refractivity contribution is -0.308. The van der Waals surface area contributed by atoms with Gasteiger partial charge in [0.15, 0.2) is 0 Å². The van der Waals surface area contributed by atoms with Gasteiger partial charge in [0.25, 0.3) is 6.10 Å². The van der Waals surface area contributed by atoms with Crippen LogP contribution in [0, 0.1) is 5.41 Å². The number of alkyl halides is 6. The summed E-state index contributed by atoms with van der Waals surface area (Å²) in [5.74, 6) is 0. The van der Waals surface area contributed by atoms with Crippen LogP contribution in [0.2, 0.25) is 0 Å². The number of amides is 1. The molecule has 0 aromatic heterocycles. The molecule has 3 heterocycles. The molecule has 14 heteroatoms. The molecule has 0 aliphatic carbocycles. The molecule has 0 atom stereocenters. The van der Waals surface area contributed by atoms with Crippen LogP contribution in [0.15, 0.2) is 18.2 Å². The van der Waals surface area contributed by atoms with Crippen molar-refractivity contribution in [2.24, 2.45) is 5.41 Å². The number of ether oxygens (including phenoxy) is 1. The highest BCUT2D eigenvalue weighted by atomic mass is 32.2. The van der Waals surface area contributed by atoms with Crippen LogP contribution in [-0.4, -0.2) is 86.1 Å². The van der Waals surface area contributed by atoms with Crippen LogP contribution in [0.5, 0.6) is 0 Å². The predicted molar refractivity (Wildman–Crippen MR) is 121 cm³/mol. The molecule has 7 nitrogen and oxygen atoms in total. The van der Waals surface area contributed by atoms with Gasteiger partial charge in [-0.05, 0) is 60.9 Å². The Kier molecular flexibility index (Phi) is 7.49. The minimum atomic E-state index is -5.74. The van der Waals surface area contributed by atoms with E-state index in [9.17, 15) is 39.6 Å². The molecule has 1 spiro atoms. The SMILES string of the molecule is CS(=O)(=O)N1CCc2cccc(CN3CCC4(CC3)CCN(C(=O)OC(C(F)(F)F)C(F)(F)F)C4)c2C1. The van der Waals surface area contributed by atoms with E-state index < -0.39 is 34.6 Å². The number of rotatable bonds is 4. The Labute approximate surface area is 211 Å². The van der Waals surface area contributed by atoms with Crippen molar-refractivity contribution in [1.29, 1.82) is 0 Å². The van der Waals surface area contributed by atoms with Gasteiger partial charge in [0.05, 0.1) is 6.26 Å². The number of benzene rings is 1. The Morgan fingerprint density at radius 1 is 1.03 bits per heavy atom. The zero-order valence-corrected chi connectivity index (χ0v) is 21.1. The van der Waals surface area contributed by atoms with Gasteiger partial charge in [0, 0.05) is 32.7 Å². The molecule has 208 valence electrons. The normalized spacial score (nSPS) is 21.5. The van der Waals surface area contributed by atoms with E-state index in [1.807, 2.05) is 18.2 Å². The summed E-state index contributed by atoms with van der Waals surface area (Å²) in [6.45, 7) is 2.71. The van der Waals surface area contributed by atoms with Crippen LogP contribution in [0.25, 0.3) is 0 Å². The van der Waals surface area contributed by atoms with Gasteiger partial charge < -0.3 is 9.64 Å². The summed E-state index contributed by atoms with van der Waals surface area (Å²) in [6, 6.07) is 5.92. The van der Waals surface area contributed by atoms with Crippen LogP contribution in [0.3, 0.4) is 0 Å². The van der Waals surface area contributed by atoms with E-state index in [4.69, 9.17) is 0 Å². The molecule has 2 saturated heterocycles. The van der Waals surface area contributed by atoms with Crippen molar-refractivity contribution in [3.63, 3.8) is 0 Å². The van der Waals surface area contributed by atoms with Gasteiger partial charge in [-0.25, -0.2) is 13.2 Å². The first kappa shape index (κ1) is 28.0. The van der Waals surface area contributed by atoms with E-state index in [1.165, 1.54) is 10.6 Å². The van der Waals surface area contributed by atoms with E-state index in [0.29, 0.717) is 58.4 Å². The van der Waals surface area contributed by atoms with Crippen molar-refractivity contribution in [2.45, 2.75) is 57.2 Å². The maximum atomic E-state index is 12.8. The van der Waals surface area contributed by atoms with Crippen molar-refractivity contribution >= 4 is 16.1 Å². The van der Waals surface area contributed by atoms with Gasteiger partial charge in [-0.1, -0.05) is 18.2 Å². The van der Waals surface area contributed by atoms with E-state index in [2.05, 4.69) is 9.64 Å². The molecule has 2 fully saturated rings. The first-order chi connectivity index (χ1) is 17.1. The average Bonchev–Trinajstić information content (AvgIpc) is 3.20. The second-order valence-corrected chi connectivity index (χ2v) is 12.2. The monoisotopic (exact) mass is 557 g/mol. The number of likely N-dealkylation sites (tertiary alicyclic amines) is 2. The van der Waals surface area contributed by atoms with Gasteiger partial charge in [0.2, 0.25) is 10.0 Å². The largest absolute Gasteiger partial charge is 0.434 e. The molecular formula is C23H29F6N3O4S. The summed E-state index contributed by atoms with van der Waals surface area (Å²) in [7, 11) is -3.32. The Morgan fingerprint density at radius 3 is 2.24 bits per heavy atom. The Hall–Kier alpha value is -2.06. The minimum Gasteiger partial charge on any atom is -0.426 e. The number of nitrogens with zero attached hydrogens (tertiary/aromatic N) is 3. The molecule has 0 radical (unpaired) electrons. The highest BCUT2D eigenvalue weighted by Gasteiger charge is 2.60. The van der Waals surface area contributed by atoms with E-state index >= 15 is 0 Å².